The van der Waals surface area contributed by atoms with E-state index in [-0.39, 0.29) is 23.5 Å². The standard InChI is InChI=1S/C14H9F4NO2/c15-11-6-10(7-19-8-11)13(20)5-9-1-3-12(4-2-9)21-14(16,17)18/h1-4,6-8H,5H2. The smallest absolute Gasteiger partial charge is 0.406 e. The molecule has 0 radical (unpaired) electrons. The molecular formula is C14H9F4NO2. The number of pyridine rings is 1. The number of hydrogen-bond donors (Lipinski definition) is 0. The lowest BCUT2D eigenvalue weighted by atomic mass is 10.0. The molecule has 0 saturated carbocycles. The highest BCUT2D eigenvalue weighted by molar-refractivity contribution is 5.97. The highest BCUT2D eigenvalue weighted by Gasteiger charge is 2.30. The number of carbonyl (C=O) groups is 1. The molecule has 0 spiro atoms. The number of Topliss-reactive ketones (excluding diaryl/α,β-unsaturated/α-hetero) is 1. The minimum absolute atomic E-state index is 0.0720. The summed E-state index contributed by atoms with van der Waals surface area (Å²) in [5, 5.41) is 0. The Hall–Kier alpha value is -2.44. The van der Waals surface area contributed by atoms with Crippen molar-refractivity contribution in [1.82, 2.24) is 4.98 Å². The van der Waals surface area contributed by atoms with E-state index in [1.165, 1.54) is 18.3 Å². The van der Waals surface area contributed by atoms with Gasteiger partial charge in [0.05, 0.1) is 6.20 Å². The van der Waals surface area contributed by atoms with E-state index in [1.807, 2.05) is 0 Å². The molecule has 0 aliphatic rings. The van der Waals surface area contributed by atoms with E-state index in [9.17, 15) is 22.4 Å². The maximum atomic E-state index is 12.9. The van der Waals surface area contributed by atoms with Gasteiger partial charge >= 0.3 is 6.36 Å². The van der Waals surface area contributed by atoms with Crippen molar-refractivity contribution in [3.63, 3.8) is 0 Å². The fraction of sp³-hybridized carbons (Fsp3) is 0.143. The third-order valence-electron chi connectivity index (χ3n) is 2.55. The molecule has 0 aliphatic heterocycles. The topological polar surface area (TPSA) is 39.2 Å². The minimum Gasteiger partial charge on any atom is -0.406 e. The number of ketones is 1. The quantitative estimate of drug-likeness (QED) is 0.640. The number of rotatable bonds is 4. The third kappa shape index (κ3) is 4.55. The van der Waals surface area contributed by atoms with Crippen molar-refractivity contribution in [3.05, 3.63) is 59.7 Å². The van der Waals surface area contributed by atoms with Gasteiger partial charge in [0.1, 0.15) is 11.6 Å². The lowest BCUT2D eigenvalue weighted by Gasteiger charge is -2.09. The molecule has 2 aromatic rings. The van der Waals surface area contributed by atoms with Crippen LogP contribution in [0.25, 0.3) is 0 Å². The minimum atomic E-state index is -4.76. The molecule has 1 heterocycles. The lowest BCUT2D eigenvalue weighted by Crippen LogP contribution is -2.17. The first-order chi connectivity index (χ1) is 9.83. The molecule has 1 aromatic carbocycles. The number of ether oxygens (including phenoxy) is 1. The summed E-state index contributed by atoms with van der Waals surface area (Å²) in [4.78, 5) is 15.4. The number of nitrogens with zero attached hydrogens (tertiary/aromatic N) is 1. The van der Waals surface area contributed by atoms with Crippen LogP contribution in [0, 0.1) is 5.82 Å². The van der Waals surface area contributed by atoms with Gasteiger partial charge < -0.3 is 4.74 Å². The van der Waals surface area contributed by atoms with Gasteiger partial charge in [0, 0.05) is 18.2 Å². The predicted octanol–water partition coefficient (Wildman–Crippen LogP) is 3.54. The van der Waals surface area contributed by atoms with E-state index in [4.69, 9.17) is 0 Å². The summed E-state index contributed by atoms with van der Waals surface area (Å²) in [5.41, 5.74) is 0.587. The molecule has 0 fully saturated rings. The zero-order valence-corrected chi connectivity index (χ0v) is 10.5. The first-order valence-corrected chi connectivity index (χ1v) is 5.82. The van der Waals surface area contributed by atoms with Crippen molar-refractivity contribution < 1.29 is 27.1 Å². The molecule has 0 saturated heterocycles. The Morgan fingerprint density at radius 3 is 2.38 bits per heavy atom. The van der Waals surface area contributed by atoms with Crippen LogP contribution in [0.3, 0.4) is 0 Å². The van der Waals surface area contributed by atoms with Crippen LogP contribution in [0.5, 0.6) is 5.75 Å². The Morgan fingerprint density at radius 1 is 1.14 bits per heavy atom. The summed E-state index contributed by atoms with van der Waals surface area (Å²) in [6.45, 7) is 0. The van der Waals surface area contributed by atoms with Crippen molar-refractivity contribution in [1.29, 1.82) is 0 Å². The van der Waals surface area contributed by atoms with Crippen molar-refractivity contribution in [2.45, 2.75) is 12.8 Å². The summed E-state index contributed by atoms with van der Waals surface area (Å²) in [6.07, 6.45) is -2.63. The van der Waals surface area contributed by atoms with Gasteiger partial charge in [0.25, 0.3) is 0 Å². The number of hydrogen-bond acceptors (Lipinski definition) is 3. The summed E-state index contributed by atoms with van der Waals surface area (Å²) in [5.74, 6) is -1.38. The van der Waals surface area contributed by atoms with Crippen LogP contribution >= 0.6 is 0 Å². The Morgan fingerprint density at radius 2 is 1.81 bits per heavy atom. The van der Waals surface area contributed by atoms with Gasteiger partial charge in [-0.2, -0.15) is 0 Å². The van der Waals surface area contributed by atoms with Crippen molar-refractivity contribution in [2.75, 3.05) is 0 Å². The average Bonchev–Trinajstić information content (AvgIpc) is 2.39. The maximum absolute atomic E-state index is 12.9. The molecule has 7 heteroatoms. The van der Waals surface area contributed by atoms with Gasteiger partial charge in [-0.25, -0.2) is 4.39 Å². The molecular weight excluding hydrogens is 290 g/mol. The lowest BCUT2D eigenvalue weighted by molar-refractivity contribution is -0.274. The highest BCUT2D eigenvalue weighted by atomic mass is 19.4. The van der Waals surface area contributed by atoms with Gasteiger partial charge in [-0.1, -0.05) is 12.1 Å². The van der Waals surface area contributed by atoms with E-state index in [1.54, 1.807) is 0 Å². The molecule has 0 amide bonds. The third-order valence-corrected chi connectivity index (χ3v) is 2.55. The zero-order chi connectivity index (χ0) is 15.5. The molecule has 0 aliphatic carbocycles. The molecule has 2 rings (SSSR count). The largest absolute Gasteiger partial charge is 0.573 e. The molecule has 110 valence electrons. The van der Waals surface area contributed by atoms with E-state index < -0.39 is 12.2 Å². The number of halogens is 4. The van der Waals surface area contributed by atoms with Crippen LogP contribution < -0.4 is 4.74 Å². The van der Waals surface area contributed by atoms with Crippen molar-refractivity contribution in [3.8, 4) is 5.75 Å². The van der Waals surface area contributed by atoms with E-state index in [0.717, 1.165) is 24.4 Å². The molecule has 0 unspecified atom stereocenters. The number of carbonyl (C=O) groups excluding carboxylic acids is 1. The Bertz CT molecular complexity index is 638. The molecule has 0 N–H and O–H groups in total. The zero-order valence-electron chi connectivity index (χ0n) is 10.5. The first kappa shape index (κ1) is 15.0. The van der Waals surface area contributed by atoms with Crippen LogP contribution in [0.1, 0.15) is 15.9 Å². The second-order valence-electron chi connectivity index (χ2n) is 4.18. The van der Waals surface area contributed by atoms with Gasteiger partial charge in [-0.15, -0.1) is 13.2 Å². The van der Waals surface area contributed by atoms with E-state index in [2.05, 4.69) is 9.72 Å². The summed E-state index contributed by atoms with van der Waals surface area (Å²) in [6, 6.07) is 5.95. The molecule has 0 bridgehead atoms. The van der Waals surface area contributed by atoms with Crippen LogP contribution in [0.15, 0.2) is 42.7 Å². The van der Waals surface area contributed by atoms with E-state index >= 15 is 0 Å². The monoisotopic (exact) mass is 299 g/mol. The summed E-state index contributed by atoms with van der Waals surface area (Å²) in [7, 11) is 0. The Balaban J connectivity index is 2.05. The fourth-order valence-corrected chi connectivity index (χ4v) is 1.66. The molecule has 0 atom stereocenters. The van der Waals surface area contributed by atoms with Gasteiger partial charge in [0.15, 0.2) is 5.78 Å². The molecule has 3 nitrogen and oxygen atoms in total. The van der Waals surface area contributed by atoms with Crippen molar-refractivity contribution in [2.24, 2.45) is 0 Å². The first-order valence-electron chi connectivity index (χ1n) is 5.82. The number of benzene rings is 1. The number of aromatic nitrogens is 1. The Labute approximate surface area is 117 Å². The average molecular weight is 299 g/mol. The van der Waals surface area contributed by atoms with Crippen LogP contribution in [-0.2, 0) is 6.42 Å². The van der Waals surface area contributed by atoms with Gasteiger partial charge in [-0.05, 0) is 23.8 Å². The molecule has 1 aromatic heterocycles. The second kappa shape index (κ2) is 5.90. The van der Waals surface area contributed by atoms with Crippen LogP contribution in [0.4, 0.5) is 17.6 Å². The fourth-order valence-electron chi connectivity index (χ4n) is 1.66. The van der Waals surface area contributed by atoms with E-state index in [0.29, 0.717) is 5.56 Å². The van der Waals surface area contributed by atoms with Crippen molar-refractivity contribution >= 4 is 5.78 Å². The van der Waals surface area contributed by atoms with Gasteiger partial charge in [-0.3, -0.25) is 9.78 Å². The SMILES string of the molecule is O=C(Cc1ccc(OC(F)(F)F)cc1)c1cncc(F)c1. The van der Waals surface area contributed by atoms with Crippen LogP contribution in [0.2, 0.25) is 0 Å². The maximum Gasteiger partial charge on any atom is 0.573 e. The van der Waals surface area contributed by atoms with Gasteiger partial charge in [0.2, 0.25) is 0 Å². The second-order valence-corrected chi connectivity index (χ2v) is 4.18. The molecule has 21 heavy (non-hydrogen) atoms. The summed E-state index contributed by atoms with van der Waals surface area (Å²) >= 11 is 0. The normalized spacial score (nSPS) is 11.2. The van der Waals surface area contributed by atoms with Crippen LogP contribution in [-0.4, -0.2) is 17.1 Å². The highest BCUT2D eigenvalue weighted by Crippen LogP contribution is 2.23. The Kier molecular flexibility index (Phi) is 4.21. The summed E-state index contributed by atoms with van der Waals surface area (Å²) < 4.78 is 52.6. The predicted molar refractivity (Wildman–Crippen MR) is 65.4 cm³/mol. The number of alkyl halides is 3.